The number of nitrogens with two attached hydrogens (primary N) is 1. The molecule has 0 aliphatic carbocycles. The van der Waals surface area contributed by atoms with Gasteiger partial charge in [0.1, 0.15) is 0 Å². The van der Waals surface area contributed by atoms with Gasteiger partial charge in [0.2, 0.25) is 10.0 Å². The number of nitrogens with one attached hydrogen (secondary N) is 1. The highest BCUT2D eigenvalue weighted by Gasteiger charge is 2.19. The van der Waals surface area contributed by atoms with Crippen molar-refractivity contribution >= 4 is 10.0 Å². The number of hydrogen-bond acceptors (Lipinski definition) is 3. The van der Waals surface area contributed by atoms with Gasteiger partial charge in [-0.1, -0.05) is 46.5 Å². The van der Waals surface area contributed by atoms with Gasteiger partial charge in [-0.05, 0) is 12.3 Å². The molecule has 1 atom stereocenters. The summed E-state index contributed by atoms with van der Waals surface area (Å²) in [5.41, 5.74) is 5.59. The van der Waals surface area contributed by atoms with E-state index in [0.29, 0.717) is 6.54 Å². The van der Waals surface area contributed by atoms with Crippen LogP contribution in [-0.4, -0.2) is 26.8 Å². The number of unbranched alkanes of at least 4 members (excludes halogenated alkanes) is 1. The molecule has 0 aliphatic rings. The minimum Gasteiger partial charge on any atom is -0.329 e. The fourth-order valence-electron chi connectivity index (χ4n) is 1.81. The van der Waals surface area contributed by atoms with Crippen molar-refractivity contribution in [3.05, 3.63) is 0 Å². The van der Waals surface area contributed by atoms with Crippen molar-refractivity contribution in [3.8, 4) is 0 Å². The van der Waals surface area contributed by atoms with Crippen LogP contribution in [0.2, 0.25) is 0 Å². The second-order valence-corrected chi connectivity index (χ2v) is 6.46. The quantitative estimate of drug-likeness (QED) is 0.632. The normalized spacial score (nSPS) is 14.2. The molecule has 104 valence electrons. The Labute approximate surface area is 106 Å². The number of sulfonamides is 1. The van der Waals surface area contributed by atoms with Crippen molar-refractivity contribution in [2.75, 3.05) is 12.3 Å². The Kier molecular flexibility index (Phi) is 8.82. The van der Waals surface area contributed by atoms with Crippen LogP contribution >= 0.6 is 0 Å². The van der Waals surface area contributed by atoms with Crippen molar-refractivity contribution in [1.29, 1.82) is 0 Å². The van der Waals surface area contributed by atoms with Gasteiger partial charge < -0.3 is 5.73 Å². The first-order valence-corrected chi connectivity index (χ1v) is 8.34. The fraction of sp³-hybridized carbons (Fsp3) is 1.00. The molecule has 0 saturated heterocycles. The maximum atomic E-state index is 11.9. The molecule has 0 heterocycles. The third-order valence-corrected chi connectivity index (χ3v) is 4.75. The third-order valence-electron chi connectivity index (χ3n) is 3.15. The Morgan fingerprint density at radius 1 is 1.18 bits per heavy atom. The lowest BCUT2D eigenvalue weighted by Crippen LogP contribution is -2.42. The summed E-state index contributed by atoms with van der Waals surface area (Å²) in [6.07, 6.45) is 4.70. The predicted octanol–water partition coefficient (Wildman–Crippen LogP) is 1.86. The average Bonchev–Trinajstić information content (AvgIpc) is 2.31. The highest BCUT2D eigenvalue weighted by molar-refractivity contribution is 7.89. The topological polar surface area (TPSA) is 72.2 Å². The summed E-state index contributed by atoms with van der Waals surface area (Å²) in [7, 11) is -3.18. The molecule has 0 rings (SSSR count). The van der Waals surface area contributed by atoms with Crippen molar-refractivity contribution in [1.82, 2.24) is 4.72 Å². The lowest BCUT2D eigenvalue weighted by atomic mass is 10.1. The molecule has 17 heavy (non-hydrogen) atoms. The maximum absolute atomic E-state index is 11.9. The number of hydrogen-bond donors (Lipinski definition) is 2. The lowest BCUT2D eigenvalue weighted by molar-refractivity contribution is 0.491. The SMILES string of the molecule is CCCCC(CN)NS(=O)(=O)CC(CC)CC. The Balaban J connectivity index is 4.30. The summed E-state index contributed by atoms with van der Waals surface area (Å²) in [5, 5.41) is 0. The molecular weight excluding hydrogens is 236 g/mol. The minimum atomic E-state index is -3.18. The second kappa shape index (κ2) is 8.89. The van der Waals surface area contributed by atoms with Crippen molar-refractivity contribution in [2.45, 2.75) is 58.9 Å². The van der Waals surface area contributed by atoms with Gasteiger partial charge in [-0.25, -0.2) is 13.1 Å². The summed E-state index contributed by atoms with van der Waals surface area (Å²) in [5.74, 6) is 0.472. The molecule has 0 spiro atoms. The van der Waals surface area contributed by atoms with E-state index in [1.165, 1.54) is 0 Å². The molecule has 4 nitrogen and oxygen atoms in total. The molecule has 0 fully saturated rings. The molecule has 0 bridgehead atoms. The predicted molar refractivity (Wildman–Crippen MR) is 73.4 cm³/mol. The summed E-state index contributed by atoms with van der Waals surface area (Å²) >= 11 is 0. The van der Waals surface area contributed by atoms with Crippen LogP contribution in [0.25, 0.3) is 0 Å². The van der Waals surface area contributed by atoms with Gasteiger partial charge in [0.15, 0.2) is 0 Å². The van der Waals surface area contributed by atoms with Crippen molar-refractivity contribution in [2.24, 2.45) is 11.7 Å². The Morgan fingerprint density at radius 3 is 2.18 bits per heavy atom. The van der Waals surface area contributed by atoms with E-state index in [1.807, 2.05) is 13.8 Å². The summed E-state index contributed by atoms with van der Waals surface area (Å²) < 4.78 is 26.6. The molecule has 0 amide bonds. The molecule has 0 aromatic rings. The van der Waals surface area contributed by atoms with Gasteiger partial charge in [0.05, 0.1) is 5.75 Å². The smallest absolute Gasteiger partial charge is 0.212 e. The van der Waals surface area contributed by atoms with Crippen LogP contribution in [0.15, 0.2) is 0 Å². The molecule has 1 unspecified atom stereocenters. The first-order valence-electron chi connectivity index (χ1n) is 6.69. The van der Waals surface area contributed by atoms with E-state index in [-0.39, 0.29) is 17.7 Å². The van der Waals surface area contributed by atoms with E-state index in [9.17, 15) is 8.42 Å². The van der Waals surface area contributed by atoms with E-state index in [4.69, 9.17) is 5.73 Å². The Morgan fingerprint density at radius 2 is 1.76 bits per heavy atom. The summed E-state index contributed by atoms with van der Waals surface area (Å²) in [6.45, 7) is 6.52. The molecule has 5 heteroatoms. The molecular formula is C12H28N2O2S. The molecule has 0 aromatic heterocycles. The third kappa shape index (κ3) is 7.73. The molecule has 0 aromatic carbocycles. The standard InChI is InChI=1S/C12H28N2O2S/c1-4-7-8-12(9-13)14-17(15,16)10-11(5-2)6-3/h11-12,14H,4-10,13H2,1-3H3. The van der Waals surface area contributed by atoms with Gasteiger partial charge in [-0.3, -0.25) is 0 Å². The Hall–Kier alpha value is -0.130. The second-order valence-electron chi connectivity index (χ2n) is 4.66. The van der Waals surface area contributed by atoms with E-state index in [2.05, 4.69) is 11.6 Å². The average molecular weight is 264 g/mol. The summed E-state index contributed by atoms with van der Waals surface area (Å²) in [6, 6.07) is -0.102. The van der Waals surface area contributed by atoms with Gasteiger partial charge in [-0.2, -0.15) is 0 Å². The van der Waals surface area contributed by atoms with E-state index in [1.54, 1.807) is 0 Å². The van der Waals surface area contributed by atoms with E-state index in [0.717, 1.165) is 32.1 Å². The van der Waals surface area contributed by atoms with E-state index >= 15 is 0 Å². The van der Waals surface area contributed by atoms with Crippen LogP contribution in [0, 0.1) is 5.92 Å². The van der Waals surface area contributed by atoms with Gasteiger partial charge >= 0.3 is 0 Å². The van der Waals surface area contributed by atoms with Crippen LogP contribution < -0.4 is 10.5 Å². The van der Waals surface area contributed by atoms with Crippen LogP contribution in [0.3, 0.4) is 0 Å². The maximum Gasteiger partial charge on any atom is 0.212 e. The zero-order chi connectivity index (χ0) is 13.3. The van der Waals surface area contributed by atoms with Crippen LogP contribution in [0.1, 0.15) is 52.9 Å². The van der Waals surface area contributed by atoms with E-state index < -0.39 is 10.0 Å². The van der Waals surface area contributed by atoms with Crippen LogP contribution in [0.4, 0.5) is 0 Å². The number of rotatable bonds is 10. The zero-order valence-corrected chi connectivity index (χ0v) is 12.2. The zero-order valence-electron chi connectivity index (χ0n) is 11.4. The molecule has 0 aliphatic heterocycles. The monoisotopic (exact) mass is 264 g/mol. The molecule has 0 radical (unpaired) electrons. The van der Waals surface area contributed by atoms with Crippen molar-refractivity contribution in [3.63, 3.8) is 0 Å². The lowest BCUT2D eigenvalue weighted by Gasteiger charge is -2.19. The van der Waals surface area contributed by atoms with Gasteiger partial charge in [0, 0.05) is 12.6 Å². The first kappa shape index (κ1) is 16.9. The first-order chi connectivity index (χ1) is 7.99. The molecule has 3 N–H and O–H groups in total. The van der Waals surface area contributed by atoms with Crippen LogP contribution in [0.5, 0.6) is 0 Å². The highest BCUT2D eigenvalue weighted by Crippen LogP contribution is 2.11. The largest absolute Gasteiger partial charge is 0.329 e. The highest BCUT2D eigenvalue weighted by atomic mass is 32.2. The van der Waals surface area contributed by atoms with Crippen LogP contribution in [-0.2, 0) is 10.0 Å². The fourth-order valence-corrected chi connectivity index (χ4v) is 3.72. The minimum absolute atomic E-state index is 0.102. The van der Waals surface area contributed by atoms with Gasteiger partial charge in [0.25, 0.3) is 0 Å². The van der Waals surface area contributed by atoms with Gasteiger partial charge in [-0.15, -0.1) is 0 Å². The molecule has 0 saturated carbocycles. The Bertz CT molecular complexity index is 274. The van der Waals surface area contributed by atoms with Crippen molar-refractivity contribution < 1.29 is 8.42 Å². The summed E-state index contributed by atoms with van der Waals surface area (Å²) in [4.78, 5) is 0.